The summed E-state index contributed by atoms with van der Waals surface area (Å²) in [6, 6.07) is 5.96. The van der Waals surface area contributed by atoms with Gasteiger partial charge in [-0.25, -0.2) is 0 Å². The van der Waals surface area contributed by atoms with Crippen LogP contribution in [0.25, 0.3) is 0 Å². The van der Waals surface area contributed by atoms with E-state index in [-0.39, 0.29) is 5.91 Å². The lowest BCUT2D eigenvalue weighted by atomic mass is 10.1. The van der Waals surface area contributed by atoms with Crippen LogP contribution in [0.5, 0.6) is 0 Å². The Kier molecular flexibility index (Phi) is 3.30. The Bertz CT molecular complexity index is 419. The van der Waals surface area contributed by atoms with E-state index in [1.165, 1.54) is 0 Å². The lowest BCUT2D eigenvalue weighted by Crippen LogP contribution is -2.26. The zero-order valence-corrected chi connectivity index (χ0v) is 10.8. The standard InChI is InChI=1S/C12H15BrN2O/c1-8-3-2-4-10(12(8)13)15-7-9(6-14)5-11(15)16/h2-4,9H,5-7,14H2,1H3. The van der Waals surface area contributed by atoms with Crippen molar-refractivity contribution >= 4 is 27.5 Å². The third-order valence-corrected chi connectivity index (χ3v) is 4.03. The van der Waals surface area contributed by atoms with Gasteiger partial charge in [0, 0.05) is 17.4 Å². The Hall–Kier alpha value is -0.870. The third-order valence-electron chi connectivity index (χ3n) is 3.00. The van der Waals surface area contributed by atoms with Crippen molar-refractivity contribution in [2.75, 3.05) is 18.0 Å². The highest BCUT2D eigenvalue weighted by atomic mass is 79.9. The number of hydrogen-bond acceptors (Lipinski definition) is 2. The van der Waals surface area contributed by atoms with Crippen LogP contribution >= 0.6 is 15.9 Å². The van der Waals surface area contributed by atoms with Crippen LogP contribution in [0.3, 0.4) is 0 Å². The summed E-state index contributed by atoms with van der Waals surface area (Å²) in [5.74, 6) is 0.460. The van der Waals surface area contributed by atoms with Gasteiger partial charge in [-0.2, -0.15) is 0 Å². The molecule has 1 aliphatic heterocycles. The molecule has 1 atom stereocenters. The minimum absolute atomic E-state index is 0.168. The molecule has 1 aromatic carbocycles. The first-order chi connectivity index (χ1) is 7.63. The van der Waals surface area contributed by atoms with E-state index in [4.69, 9.17) is 5.73 Å². The summed E-state index contributed by atoms with van der Waals surface area (Å²) in [5, 5.41) is 0. The number of carbonyl (C=O) groups is 1. The normalized spacial score (nSPS) is 20.6. The van der Waals surface area contributed by atoms with Gasteiger partial charge < -0.3 is 10.6 Å². The summed E-state index contributed by atoms with van der Waals surface area (Å²) < 4.78 is 1.00. The first kappa shape index (κ1) is 11.6. The molecule has 0 radical (unpaired) electrons. The molecule has 1 aliphatic rings. The maximum Gasteiger partial charge on any atom is 0.227 e. The van der Waals surface area contributed by atoms with Gasteiger partial charge in [-0.15, -0.1) is 0 Å². The first-order valence-electron chi connectivity index (χ1n) is 5.39. The fourth-order valence-corrected chi connectivity index (χ4v) is 2.49. The predicted molar refractivity (Wildman–Crippen MR) is 68.4 cm³/mol. The first-order valence-corrected chi connectivity index (χ1v) is 6.18. The van der Waals surface area contributed by atoms with Crippen molar-refractivity contribution < 1.29 is 4.79 Å². The van der Waals surface area contributed by atoms with Crippen molar-refractivity contribution in [1.82, 2.24) is 0 Å². The lowest BCUT2D eigenvalue weighted by Gasteiger charge is -2.19. The van der Waals surface area contributed by atoms with E-state index in [0.717, 1.165) is 22.3 Å². The van der Waals surface area contributed by atoms with Crippen LogP contribution < -0.4 is 10.6 Å². The number of nitrogens with zero attached hydrogens (tertiary/aromatic N) is 1. The van der Waals surface area contributed by atoms with Crippen molar-refractivity contribution in [1.29, 1.82) is 0 Å². The quantitative estimate of drug-likeness (QED) is 0.903. The maximum absolute atomic E-state index is 11.9. The SMILES string of the molecule is Cc1cccc(N2CC(CN)CC2=O)c1Br. The van der Waals surface area contributed by atoms with E-state index < -0.39 is 0 Å². The van der Waals surface area contributed by atoms with E-state index in [1.807, 2.05) is 30.0 Å². The largest absolute Gasteiger partial charge is 0.330 e. The molecule has 3 nitrogen and oxygen atoms in total. The van der Waals surface area contributed by atoms with Gasteiger partial charge in [0.25, 0.3) is 0 Å². The van der Waals surface area contributed by atoms with Crippen molar-refractivity contribution in [2.24, 2.45) is 11.7 Å². The van der Waals surface area contributed by atoms with Crippen LogP contribution in [0, 0.1) is 12.8 Å². The molecule has 2 rings (SSSR count). The predicted octanol–water partition coefficient (Wildman–Crippen LogP) is 2.07. The molecule has 16 heavy (non-hydrogen) atoms. The summed E-state index contributed by atoms with van der Waals surface area (Å²) in [4.78, 5) is 13.7. The average Bonchev–Trinajstić information content (AvgIpc) is 2.64. The number of aryl methyl sites for hydroxylation is 1. The molecule has 1 aromatic rings. The summed E-state index contributed by atoms with van der Waals surface area (Å²) in [7, 11) is 0. The van der Waals surface area contributed by atoms with Gasteiger partial charge in [0.1, 0.15) is 0 Å². The number of anilines is 1. The zero-order chi connectivity index (χ0) is 11.7. The summed E-state index contributed by atoms with van der Waals surface area (Å²) in [6.07, 6.45) is 0.566. The van der Waals surface area contributed by atoms with Crippen LogP contribution in [-0.2, 0) is 4.79 Å². The lowest BCUT2D eigenvalue weighted by molar-refractivity contribution is -0.117. The van der Waals surface area contributed by atoms with Gasteiger partial charge in [0.2, 0.25) is 5.91 Å². The van der Waals surface area contributed by atoms with Crippen LogP contribution in [0.2, 0.25) is 0 Å². The number of carbonyl (C=O) groups excluding carboxylic acids is 1. The number of hydrogen-bond donors (Lipinski definition) is 1. The van der Waals surface area contributed by atoms with Crippen molar-refractivity contribution in [2.45, 2.75) is 13.3 Å². The second-order valence-electron chi connectivity index (χ2n) is 4.22. The van der Waals surface area contributed by atoms with Crippen LogP contribution in [0.1, 0.15) is 12.0 Å². The van der Waals surface area contributed by atoms with Crippen molar-refractivity contribution in [3.05, 3.63) is 28.2 Å². The molecular weight excluding hydrogens is 268 g/mol. The molecule has 1 unspecified atom stereocenters. The molecule has 1 saturated heterocycles. The molecule has 0 aromatic heterocycles. The highest BCUT2D eigenvalue weighted by molar-refractivity contribution is 9.10. The highest BCUT2D eigenvalue weighted by Crippen LogP contribution is 2.33. The molecule has 2 N–H and O–H groups in total. The molecule has 4 heteroatoms. The second kappa shape index (κ2) is 4.55. The maximum atomic E-state index is 11.9. The van der Waals surface area contributed by atoms with E-state index in [1.54, 1.807) is 0 Å². The summed E-state index contributed by atoms with van der Waals surface area (Å²) in [6.45, 7) is 3.33. The number of benzene rings is 1. The summed E-state index contributed by atoms with van der Waals surface area (Å²) >= 11 is 3.53. The van der Waals surface area contributed by atoms with Gasteiger partial charge in [0.05, 0.1) is 5.69 Å². The Balaban J connectivity index is 2.31. The van der Waals surface area contributed by atoms with E-state index in [2.05, 4.69) is 15.9 Å². The fourth-order valence-electron chi connectivity index (χ4n) is 2.01. The Labute approximate surface area is 104 Å². The zero-order valence-electron chi connectivity index (χ0n) is 9.24. The molecule has 0 spiro atoms. The van der Waals surface area contributed by atoms with Crippen LogP contribution in [-0.4, -0.2) is 19.0 Å². The number of amides is 1. The topological polar surface area (TPSA) is 46.3 Å². The van der Waals surface area contributed by atoms with Crippen molar-refractivity contribution in [3.63, 3.8) is 0 Å². The molecule has 86 valence electrons. The Morgan fingerprint density at radius 3 is 2.94 bits per heavy atom. The number of rotatable bonds is 2. The highest BCUT2D eigenvalue weighted by Gasteiger charge is 2.30. The van der Waals surface area contributed by atoms with Crippen LogP contribution in [0.15, 0.2) is 22.7 Å². The van der Waals surface area contributed by atoms with E-state index in [9.17, 15) is 4.79 Å². The van der Waals surface area contributed by atoms with Crippen LogP contribution in [0.4, 0.5) is 5.69 Å². The molecule has 0 bridgehead atoms. The third kappa shape index (κ3) is 1.99. The fraction of sp³-hybridized carbons (Fsp3) is 0.417. The monoisotopic (exact) mass is 282 g/mol. The summed E-state index contributed by atoms with van der Waals surface area (Å²) in [5.41, 5.74) is 7.71. The Morgan fingerprint density at radius 2 is 2.31 bits per heavy atom. The minimum atomic E-state index is 0.168. The van der Waals surface area contributed by atoms with Gasteiger partial charge in [-0.1, -0.05) is 12.1 Å². The minimum Gasteiger partial charge on any atom is -0.330 e. The number of nitrogens with two attached hydrogens (primary N) is 1. The van der Waals surface area contributed by atoms with E-state index >= 15 is 0 Å². The Morgan fingerprint density at radius 1 is 1.56 bits per heavy atom. The molecule has 1 heterocycles. The molecular formula is C12H15BrN2O. The van der Waals surface area contributed by atoms with Crippen molar-refractivity contribution in [3.8, 4) is 0 Å². The molecule has 0 saturated carbocycles. The molecule has 1 fully saturated rings. The average molecular weight is 283 g/mol. The van der Waals surface area contributed by atoms with Gasteiger partial charge in [-0.05, 0) is 46.9 Å². The van der Waals surface area contributed by atoms with Gasteiger partial charge >= 0.3 is 0 Å². The van der Waals surface area contributed by atoms with Gasteiger partial charge in [0.15, 0.2) is 0 Å². The van der Waals surface area contributed by atoms with E-state index in [0.29, 0.717) is 18.9 Å². The smallest absolute Gasteiger partial charge is 0.227 e. The second-order valence-corrected chi connectivity index (χ2v) is 5.01. The van der Waals surface area contributed by atoms with Gasteiger partial charge in [-0.3, -0.25) is 4.79 Å². The number of halogens is 1. The molecule has 1 amide bonds. The molecule has 0 aliphatic carbocycles.